The first-order valence-electron chi connectivity index (χ1n) is 4.60. The molecule has 0 aliphatic heterocycles. The van der Waals surface area contributed by atoms with Crippen LogP contribution < -0.4 is 15.3 Å². The average Bonchev–Trinajstić information content (AvgIpc) is 2.18. The first kappa shape index (κ1) is 27.0. The molecule has 3 N–H and O–H groups in total. The molecule has 0 aromatic rings. The van der Waals surface area contributed by atoms with Gasteiger partial charge in [0, 0.05) is 0 Å². The van der Waals surface area contributed by atoms with Gasteiger partial charge in [0.15, 0.2) is 0 Å². The van der Waals surface area contributed by atoms with Crippen molar-refractivity contribution in [2.24, 2.45) is 0 Å². The van der Waals surface area contributed by atoms with Gasteiger partial charge in [0.25, 0.3) is 0 Å². The van der Waals surface area contributed by atoms with E-state index < -0.39 is 36.2 Å². The van der Waals surface area contributed by atoms with E-state index in [2.05, 4.69) is 0 Å². The molecule has 0 saturated carbocycles. The molecular formula is C9H15HoO9. The molecule has 0 amide bonds. The number of rotatable bonds is 3. The summed E-state index contributed by atoms with van der Waals surface area (Å²) in [5.41, 5.74) is 0. The van der Waals surface area contributed by atoms with Crippen LogP contribution in [0.3, 0.4) is 0 Å². The van der Waals surface area contributed by atoms with Crippen LogP contribution in [0.4, 0.5) is 0 Å². The Morgan fingerprint density at radius 3 is 0.737 bits per heavy atom. The van der Waals surface area contributed by atoms with Crippen molar-refractivity contribution >= 4 is 17.9 Å². The molecule has 0 saturated heterocycles. The molecule has 0 aromatic carbocycles. The summed E-state index contributed by atoms with van der Waals surface area (Å²) in [5.74, 6) is -4.31. The molecule has 116 valence electrons. The van der Waals surface area contributed by atoms with Gasteiger partial charge < -0.3 is 45.0 Å². The van der Waals surface area contributed by atoms with E-state index in [1.165, 1.54) is 0 Å². The number of hydrogen-bond donors (Lipinski definition) is 3. The van der Waals surface area contributed by atoms with E-state index in [1.807, 2.05) is 0 Å². The standard InChI is InChI=1S/3C3H6O3.Ho/c3*1-2(4)3(5)6;/h3*2,4H,1H3,(H,5,6);/q;;;+3/p-3. The third-order valence-electron chi connectivity index (χ3n) is 1.02. The largest absolute Gasteiger partial charge is 3.00 e. The molecule has 0 aromatic heterocycles. The zero-order chi connectivity index (χ0) is 15.5. The summed E-state index contributed by atoms with van der Waals surface area (Å²) in [7, 11) is 0. The van der Waals surface area contributed by atoms with Gasteiger partial charge in [-0.1, -0.05) is 0 Å². The number of aliphatic carboxylic acids is 3. The Morgan fingerprint density at radius 1 is 0.684 bits per heavy atom. The molecular weight excluding hydrogens is 417 g/mol. The van der Waals surface area contributed by atoms with Crippen LogP contribution >= 0.6 is 0 Å². The Morgan fingerprint density at radius 2 is 0.737 bits per heavy atom. The van der Waals surface area contributed by atoms with E-state index in [-0.39, 0.29) is 37.7 Å². The summed E-state index contributed by atoms with van der Waals surface area (Å²) in [6.07, 6.45) is -4.03. The fraction of sp³-hybridized carbons (Fsp3) is 0.667. The van der Waals surface area contributed by atoms with Crippen molar-refractivity contribution in [3.8, 4) is 0 Å². The third-order valence-corrected chi connectivity index (χ3v) is 1.02. The van der Waals surface area contributed by atoms with Crippen LogP contribution in [0.15, 0.2) is 0 Å². The summed E-state index contributed by atoms with van der Waals surface area (Å²) in [6.45, 7) is 3.40. The van der Waals surface area contributed by atoms with Crippen LogP contribution in [0, 0.1) is 37.7 Å². The summed E-state index contributed by atoms with van der Waals surface area (Å²) in [5, 5.41) is 51.9. The molecule has 0 radical (unpaired) electrons. The van der Waals surface area contributed by atoms with Crippen molar-refractivity contribution in [2.45, 2.75) is 39.1 Å². The molecule has 3 unspecified atom stereocenters. The molecule has 9 nitrogen and oxygen atoms in total. The van der Waals surface area contributed by atoms with Gasteiger partial charge >= 0.3 is 37.7 Å². The molecule has 0 bridgehead atoms. The maximum absolute atomic E-state index is 9.34. The Labute approximate surface area is 139 Å². The Hall–Kier alpha value is -0.450. The fourth-order valence-corrected chi connectivity index (χ4v) is 0. The second-order valence-corrected chi connectivity index (χ2v) is 2.99. The van der Waals surface area contributed by atoms with Crippen LogP contribution in [0.2, 0.25) is 0 Å². The molecule has 3 atom stereocenters. The van der Waals surface area contributed by atoms with Gasteiger partial charge in [-0.15, -0.1) is 0 Å². The SMILES string of the molecule is CC(O)C(=O)[O-].CC(O)C(=O)[O-].CC(O)C(=O)[O-].[Ho+3]. The normalized spacial score (nSPS) is 12.9. The molecule has 0 aliphatic carbocycles. The first-order valence-corrected chi connectivity index (χ1v) is 4.60. The Kier molecular flexibility index (Phi) is 22.2. The molecule has 0 fully saturated rings. The Balaban J connectivity index is -0.0000000865. The number of aliphatic hydroxyl groups excluding tert-OH is 3. The van der Waals surface area contributed by atoms with Gasteiger partial charge in [-0.25, -0.2) is 0 Å². The van der Waals surface area contributed by atoms with Crippen LogP contribution in [0.5, 0.6) is 0 Å². The Bertz CT molecular complexity index is 220. The van der Waals surface area contributed by atoms with E-state index in [0.29, 0.717) is 0 Å². The minimum atomic E-state index is -1.44. The molecule has 0 heterocycles. The maximum atomic E-state index is 9.34. The van der Waals surface area contributed by atoms with E-state index in [4.69, 9.17) is 15.3 Å². The minimum absolute atomic E-state index is 0. The van der Waals surface area contributed by atoms with E-state index in [1.54, 1.807) is 0 Å². The van der Waals surface area contributed by atoms with E-state index >= 15 is 0 Å². The van der Waals surface area contributed by atoms with Crippen molar-refractivity contribution in [1.82, 2.24) is 0 Å². The maximum Gasteiger partial charge on any atom is 3.00 e. The second kappa shape index (κ2) is 15.6. The topological polar surface area (TPSA) is 181 Å². The van der Waals surface area contributed by atoms with Gasteiger partial charge in [0.05, 0.1) is 36.2 Å². The van der Waals surface area contributed by atoms with Crippen molar-refractivity contribution in [3.63, 3.8) is 0 Å². The van der Waals surface area contributed by atoms with Crippen LogP contribution in [0.1, 0.15) is 20.8 Å². The molecule has 0 aliphatic rings. The number of carboxylic acid groups (broad SMARTS) is 3. The molecule has 0 rings (SSSR count). The summed E-state index contributed by atoms with van der Waals surface area (Å²) in [4.78, 5) is 28.0. The number of carboxylic acids is 3. The average molecular weight is 432 g/mol. The predicted octanol–water partition coefficient (Wildman–Crippen LogP) is -5.65. The second-order valence-electron chi connectivity index (χ2n) is 2.99. The van der Waals surface area contributed by atoms with Crippen LogP contribution in [-0.2, 0) is 14.4 Å². The van der Waals surface area contributed by atoms with E-state index in [0.717, 1.165) is 20.8 Å². The summed E-state index contributed by atoms with van der Waals surface area (Å²) < 4.78 is 0. The predicted molar refractivity (Wildman–Crippen MR) is 50.1 cm³/mol. The van der Waals surface area contributed by atoms with Crippen LogP contribution in [0.25, 0.3) is 0 Å². The van der Waals surface area contributed by atoms with Gasteiger partial charge in [-0.3, -0.25) is 0 Å². The number of aliphatic hydroxyl groups is 3. The van der Waals surface area contributed by atoms with Crippen molar-refractivity contribution in [1.29, 1.82) is 0 Å². The zero-order valence-corrected chi connectivity index (χ0v) is 12.3. The smallest absolute Gasteiger partial charge is 0.547 e. The first-order chi connectivity index (χ1) is 7.93. The monoisotopic (exact) mass is 432 g/mol. The fourth-order valence-electron chi connectivity index (χ4n) is 0. The van der Waals surface area contributed by atoms with Crippen molar-refractivity contribution < 1.29 is 82.8 Å². The summed E-state index contributed by atoms with van der Waals surface area (Å²) in [6, 6.07) is 0. The van der Waals surface area contributed by atoms with Gasteiger partial charge in [-0.05, 0) is 20.8 Å². The molecule has 0 spiro atoms. The molecule has 19 heavy (non-hydrogen) atoms. The van der Waals surface area contributed by atoms with Gasteiger partial charge in [-0.2, -0.15) is 0 Å². The zero-order valence-electron chi connectivity index (χ0n) is 10.3. The third kappa shape index (κ3) is 31.8. The van der Waals surface area contributed by atoms with Crippen molar-refractivity contribution in [3.05, 3.63) is 0 Å². The number of hydrogen-bond acceptors (Lipinski definition) is 9. The summed E-state index contributed by atoms with van der Waals surface area (Å²) >= 11 is 0. The number of carbonyl (C=O) groups excluding carboxylic acids is 3. The molecule has 10 heteroatoms. The quantitative estimate of drug-likeness (QED) is 0.366. The number of carbonyl (C=O) groups is 3. The van der Waals surface area contributed by atoms with Crippen molar-refractivity contribution in [2.75, 3.05) is 0 Å². The van der Waals surface area contributed by atoms with Gasteiger partial charge in [0.2, 0.25) is 0 Å². The van der Waals surface area contributed by atoms with E-state index in [9.17, 15) is 29.7 Å². The van der Waals surface area contributed by atoms with Crippen LogP contribution in [-0.4, -0.2) is 51.5 Å². The minimum Gasteiger partial charge on any atom is -0.547 e. The van der Waals surface area contributed by atoms with Gasteiger partial charge in [0.1, 0.15) is 0 Å².